The Morgan fingerprint density at radius 2 is 1.95 bits per heavy atom. The number of ether oxygens (including phenoxy) is 1. The van der Waals surface area contributed by atoms with Crippen molar-refractivity contribution in [1.29, 1.82) is 0 Å². The Labute approximate surface area is 121 Å². The van der Waals surface area contributed by atoms with Gasteiger partial charge in [-0.2, -0.15) is 0 Å². The molecule has 0 fully saturated rings. The van der Waals surface area contributed by atoms with Crippen LogP contribution in [0.25, 0.3) is 0 Å². The normalized spacial score (nSPS) is 16.4. The van der Waals surface area contributed by atoms with Crippen LogP contribution >= 0.6 is 0 Å². The monoisotopic (exact) mass is 275 g/mol. The number of rotatable bonds is 3. The fourth-order valence-electron chi connectivity index (χ4n) is 2.60. The maximum absolute atomic E-state index is 11.8. The number of benzene rings is 1. The van der Waals surface area contributed by atoms with Gasteiger partial charge in [-0.1, -0.05) is 24.3 Å². The summed E-state index contributed by atoms with van der Waals surface area (Å²) in [5.41, 5.74) is 2.46. The van der Waals surface area contributed by atoms with Gasteiger partial charge in [0.05, 0.1) is 6.42 Å². The Morgan fingerprint density at radius 1 is 1.25 bits per heavy atom. The summed E-state index contributed by atoms with van der Waals surface area (Å²) < 4.78 is 5.36. The summed E-state index contributed by atoms with van der Waals surface area (Å²) in [7, 11) is 0. The molecular formula is C17H25NO2. The van der Waals surface area contributed by atoms with Crippen molar-refractivity contribution in [3.8, 4) is 0 Å². The highest BCUT2D eigenvalue weighted by atomic mass is 16.6. The number of esters is 1. The summed E-state index contributed by atoms with van der Waals surface area (Å²) in [5, 5.41) is 0. The van der Waals surface area contributed by atoms with E-state index in [9.17, 15) is 4.79 Å². The summed E-state index contributed by atoms with van der Waals surface area (Å²) in [6.45, 7) is 8.51. The fraction of sp³-hybridized carbons (Fsp3) is 0.588. The third kappa shape index (κ3) is 4.64. The molecule has 3 nitrogen and oxygen atoms in total. The topological polar surface area (TPSA) is 29.5 Å². The summed E-state index contributed by atoms with van der Waals surface area (Å²) in [6.07, 6.45) is 2.77. The maximum Gasteiger partial charge on any atom is 0.307 e. The predicted octanol–water partition coefficient (Wildman–Crippen LogP) is 3.17. The Balaban J connectivity index is 1.87. The molecule has 0 atom stereocenters. The molecule has 20 heavy (non-hydrogen) atoms. The minimum Gasteiger partial charge on any atom is -0.460 e. The molecule has 1 aromatic rings. The quantitative estimate of drug-likeness (QED) is 0.794. The van der Waals surface area contributed by atoms with Crippen molar-refractivity contribution in [3.05, 3.63) is 35.4 Å². The second-order valence-corrected chi connectivity index (χ2v) is 6.48. The first-order valence-electron chi connectivity index (χ1n) is 7.45. The largest absolute Gasteiger partial charge is 0.460 e. The highest BCUT2D eigenvalue weighted by Crippen LogP contribution is 2.18. The molecule has 1 aliphatic rings. The maximum atomic E-state index is 11.8. The van der Waals surface area contributed by atoms with Gasteiger partial charge < -0.3 is 4.74 Å². The van der Waals surface area contributed by atoms with E-state index in [0.29, 0.717) is 6.42 Å². The van der Waals surface area contributed by atoms with Gasteiger partial charge >= 0.3 is 5.97 Å². The van der Waals surface area contributed by atoms with Gasteiger partial charge in [0.1, 0.15) is 5.60 Å². The van der Waals surface area contributed by atoms with E-state index in [1.54, 1.807) is 0 Å². The summed E-state index contributed by atoms with van der Waals surface area (Å²) >= 11 is 0. The van der Waals surface area contributed by atoms with Gasteiger partial charge in [-0.25, -0.2) is 0 Å². The van der Waals surface area contributed by atoms with Crippen LogP contribution in [0.3, 0.4) is 0 Å². The number of fused-ring (bicyclic) bond motifs is 1. The van der Waals surface area contributed by atoms with Gasteiger partial charge in [-0.15, -0.1) is 0 Å². The Hall–Kier alpha value is -1.35. The summed E-state index contributed by atoms with van der Waals surface area (Å²) in [4.78, 5) is 14.1. The number of nitrogens with zero attached hydrogens (tertiary/aromatic N) is 1. The lowest BCUT2D eigenvalue weighted by atomic mass is 10.0. The molecule has 0 spiro atoms. The van der Waals surface area contributed by atoms with E-state index in [4.69, 9.17) is 4.74 Å². The molecule has 110 valence electrons. The molecule has 0 unspecified atom stereocenters. The summed E-state index contributed by atoms with van der Waals surface area (Å²) in [6, 6.07) is 8.61. The van der Waals surface area contributed by atoms with Crippen molar-refractivity contribution in [3.63, 3.8) is 0 Å². The predicted molar refractivity (Wildman–Crippen MR) is 80.5 cm³/mol. The molecule has 0 bridgehead atoms. The lowest BCUT2D eigenvalue weighted by Crippen LogP contribution is -2.29. The zero-order chi connectivity index (χ0) is 14.6. The van der Waals surface area contributed by atoms with Crippen LogP contribution in [0.5, 0.6) is 0 Å². The van der Waals surface area contributed by atoms with Gasteiger partial charge in [0.15, 0.2) is 0 Å². The smallest absolute Gasteiger partial charge is 0.307 e. The second kappa shape index (κ2) is 6.40. The lowest BCUT2D eigenvalue weighted by molar-refractivity contribution is -0.155. The minimum absolute atomic E-state index is 0.102. The average Bonchev–Trinajstić information content (AvgIpc) is 2.56. The molecule has 1 aliphatic heterocycles. The van der Waals surface area contributed by atoms with Crippen molar-refractivity contribution in [2.75, 3.05) is 13.1 Å². The molecule has 2 rings (SSSR count). The number of carbonyl (C=O) groups is 1. The molecule has 0 aromatic heterocycles. The van der Waals surface area contributed by atoms with Crippen LogP contribution in [0.4, 0.5) is 0 Å². The van der Waals surface area contributed by atoms with Gasteiger partial charge in [0.25, 0.3) is 0 Å². The second-order valence-electron chi connectivity index (χ2n) is 6.48. The Kier molecular flexibility index (Phi) is 4.81. The van der Waals surface area contributed by atoms with E-state index < -0.39 is 0 Å². The van der Waals surface area contributed by atoms with Crippen LogP contribution < -0.4 is 0 Å². The molecule has 0 saturated heterocycles. The average molecular weight is 275 g/mol. The molecule has 0 saturated carbocycles. The van der Waals surface area contributed by atoms with Gasteiger partial charge in [0.2, 0.25) is 0 Å². The molecule has 0 aliphatic carbocycles. The number of hydrogen-bond acceptors (Lipinski definition) is 3. The number of aryl methyl sites for hydroxylation is 1. The first kappa shape index (κ1) is 15.0. The third-order valence-corrected chi connectivity index (χ3v) is 3.48. The third-order valence-electron chi connectivity index (χ3n) is 3.48. The summed E-state index contributed by atoms with van der Waals surface area (Å²) in [5.74, 6) is -0.102. The van der Waals surface area contributed by atoms with Crippen LogP contribution in [-0.2, 0) is 22.5 Å². The molecule has 1 heterocycles. The van der Waals surface area contributed by atoms with Crippen molar-refractivity contribution in [2.45, 2.75) is 52.2 Å². The van der Waals surface area contributed by atoms with E-state index >= 15 is 0 Å². The molecule has 3 heteroatoms. The van der Waals surface area contributed by atoms with Gasteiger partial charge in [0, 0.05) is 13.1 Å². The van der Waals surface area contributed by atoms with Gasteiger partial charge in [-0.3, -0.25) is 9.69 Å². The van der Waals surface area contributed by atoms with Crippen LogP contribution in [0.15, 0.2) is 24.3 Å². The van der Waals surface area contributed by atoms with E-state index in [0.717, 1.165) is 32.5 Å². The van der Waals surface area contributed by atoms with Gasteiger partial charge in [-0.05, 0) is 51.3 Å². The van der Waals surface area contributed by atoms with Crippen molar-refractivity contribution in [2.24, 2.45) is 0 Å². The van der Waals surface area contributed by atoms with E-state index in [-0.39, 0.29) is 11.6 Å². The zero-order valence-corrected chi connectivity index (χ0v) is 12.8. The van der Waals surface area contributed by atoms with Crippen LogP contribution in [0.1, 0.15) is 44.7 Å². The minimum atomic E-state index is -0.386. The molecule has 0 N–H and O–H groups in total. The lowest BCUT2D eigenvalue weighted by Gasteiger charge is -2.23. The number of carbonyl (C=O) groups excluding carboxylic acids is 1. The molecular weight excluding hydrogens is 250 g/mol. The highest BCUT2D eigenvalue weighted by molar-refractivity contribution is 5.70. The van der Waals surface area contributed by atoms with Crippen molar-refractivity contribution >= 4 is 5.97 Å². The van der Waals surface area contributed by atoms with Crippen LogP contribution in [0.2, 0.25) is 0 Å². The Morgan fingerprint density at radius 3 is 2.65 bits per heavy atom. The standard InChI is InChI=1S/C17H25NO2/c1-17(2,3)20-16(19)10-12-18-11-6-9-14-7-4-5-8-15(14)13-18/h4-5,7-8H,6,9-13H2,1-3H3. The van der Waals surface area contributed by atoms with E-state index in [1.165, 1.54) is 11.1 Å². The van der Waals surface area contributed by atoms with E-state index in [2.05, 4.69) is 29.2 Å². The van der Waals surface area contributed by atoms with Crippen molar-refractivity contribution < 1.29 is 9.53 Å². The Bertz CT molecular complexity index is 462. The molecule has 0 amide bonds. The zero-order valence-electron chi connectivity index (χ0n) is 12.8. The molecule has 0 radical (unpaired) electrons. The molecule has 1 aromatic carbocycles. The first-order valence-corrected chi connectivity index (χ1v) is 7.45. The van der Waals surface area contributed by atoms with E-state index in [1.807, 2.05) is 20.8 Å². The number of hydrogen-bond donors (Lipinski definition) is 0. The fourth-order valence-corrected chi connectivity index (χ4v) is 2.60. The van der Waals surface area contributed by atoms with Crippen LogP contribution in [0, 0.1) is 0 Å². The van der Waals surface area contributed by atoms with Crippen LogP contribution in [-0.4, -0.2) is 29.6 Å². The highest BCUT2D eigenvalue weighted by Gasteiger charge is 2.18. The SMILES string of the molecule is CC(C)(C)OC(=O)CCN1CCCc2ccccc2C1. The van der Waals surface area contributed by atoms with Crippen molar-refractivity contribution in [1.82, 2.24) is 4.90 Å². The first-order chi connectivity index (χ1) is 9.44.